The van der Waals surface area contributed by atoms with Gasteiger partial charge in [0.25, 0.3) is 0 Å². The molecule has 4 rings (SSSR count). The number of aryl methyl sites for hydroxylation is 3. The van der Waals surface area contributed by atoms with Crippen LogP contribution in [0.1, 0.15) is 36.1 Å². The van der Waals surface area contributed by atoms with Crippen molar-refractivity contribution in [2.75, 3.05) is 0 Å². The highest BCUT2D eigenvalue weighted by atomic mass is 14.9. The standard InChI is InChI=1S/C28H31N2/c1-18(2)11-22-7-10-27(29-16-22)23-8-9-24-17-30(6)28(15-25(24)14-23)26-13-19(3)12-20(4)21(26)5/h7-10,12-18H,11H2,1-6H3/q+1. The molecule has 0 N–H and O–H groups in total. The Morgan fingerprint density at radius 1 is 0.900 bits per heavy atom. The van der Waals surface area contributed by atoms with Gasteiger partial charge in [-0.15, -0.1) is 0 Å². The van der Waals surface area contributed by atoms with Crippen LogP contribution in [0.2, 0.25) is 0 Å². The lowest BCUT2D eigenvalue weighted by Gasteiger charge is -2.11. The van der Waals surface area contributed by atoms with Crippen LogP contribution in [0.5, 0.6) is 0 Å². The van der Waals surface area contributed by atoms with E-state index in [1.165, 1.54) is 44.3 Å². The number of hydrogen-bond donors (Lipinski definition) is 0. The summed E-state index contributed by atoms with van der Waals surface area (Å²) in [5, 5.41) is 2.48. The number of hydrogen-bond acceptors (Lipinski definition) is 1. The molecule has 2 heteroatoms. The van der Waals surface area contributed by atoms with Gasteiger partial charge in [-0.2, -0.15) is 0 Å². The van der Waals surface area contributed by atoms with E-state index < -0.39 is 0 Å². The maximum absolute atomic E-state index is 4.74. The molecule has 0 unspecified atom stereocenters. The second kappa shape index (κ2) is 8.02. The summed E-state index contributed by atoms with van der Waals surface area (Å²) < 4.78 is 2.24. The summed E-state index contributed by atoms with van der Waals surface area (Å²) in [4.78, 5) is 4.74. The lowest BCUT2D eigenvalue weighted by molar-refractivity contribution is -0.659. The Morgan fingerprint density at radius 3 is 2.40 bits per heavy atom. The fourth-order valence-corrected chi connectivity index (χ4v) is 4.26. The van der Waals surface area contributed by atoms with Gasteiger partial charge in [0, 0.05) is 28.8 Å². The molecule has 0 fully saturated rings. The molecule has 30 heavy (non-hydrogen) atoms. The van der Waals surface area contributed by atoms with E-state index >= 15 is 0 Å². The van der Waals surface area contributed by atoms with Gasteiger partial charge in [-0.25, -0.2) is 4.57 Å². The van der Waals surface area contributed by atoms with Crippen molar-refractivity contribution in [3.05, 3.63) is 83.2 Å². The molecule has 2 heterocycles. The van der Waals surface area contributed by atoms with Gasteiger partial charge in [-0.1, -0.05) is 37.6 Å². The molecule has 0 saturated carbocycles. The van der Waals surface area contributed by atoms with E-state index in [1.54, 1.807) is 0 Å². The Morgan fingerprint density at radius 2 is 1.70 bits per heavy atom. The van der Waals surface area contributed by atoms with Gasteiger partial charge in [0.2, 0.25) is 5.69 Å². The molecule has 0 aliphatic heterocycles. The molecule has 2 aromatic heterocycles. The van der Waals surface area contributed by atoms with Gasteiger partial charge in [0.15, 0.2) is 6.20 Å². The summed E-state index contributed by atoms with van der Waals surface area (Å²) in [6.07, 6.45) is 5.32. The molecule has 0 bridgehead atoms. The van der Waals surface area contributed by atoms with Crippen molar-refractivity contribution < 1.29 is 4.57 Å². The summed E-state index contributed by atoms with van der Waals surface area (Å²) in [7, 11) is 2.13. The highest BCUT2D eigenvalue weighted by Crippen LogP contribution is 2.29. The van der Waals surface area contributed by atoms with Crippen LogP contribution in [0.15, 0.2) is 60.9 Å². The highest BCUT2D eigenvalue weighted by Gasteiger charge is 2.16. The van der Waals surface area contributed by atoms with Crippen LogP contribution in [0.3, 0.4) is 0 Å². The highest BCUT2D eigenvalue weighted by molar-refractivity contribution is 5.88. The van der Waals surface area contributed by atoms with Crippen molar-refractivity contribution in [3.8, 4) is 22.5 Å². The third-order valence-corrected chi connectivity index (χ3v) is 5.94. The average molecular weight is 396 g/mol. The van der Waals surface area contributed by atoms with Gasteiger partial charge in [-0.3, -0.25) is 4.98 Å². The zero-order valence-corrected chi connectivity index (χ0v) is 19.0. The van der Waals surface area contributed by atoms with Crippen molar-refractivity contribution in [1.82, 2.24) is 4.98 Å². The van der Waals surface area contributed by atoms with Crippen molar-refractivity contribution in [2.45, 2.75) is 41.0 Å². The summed E-state index contributed by atoms with van der Waals surface area (Å²) in [6, 6.07) is 17.9. The fourth-order valence-electron chi connectivity index (χ4n) is 4.26. The first kappa shape index (κ1) is 20.3. The maximum Gasteiger partial charge on any atom is 0.213 e. The minimum atomic E-state index is 0.645. The SMILES string of the molecule is Cc1cc(C)c(C)c(-c2cc3cc(-c4ccc(CC(C)C)cn4)ccc3c[n+]2C)c1. The van der Waals surface area contributed by atoms with Crippen LogP contribution in [0, 0.1) is 26.7 Å². The van der Waals surface area contributed by atoms with E-state index in [2.05, 4.69) is 101 Å². The lowest BCUT2D eigenvalue weighted by Crippen LogP contribution is -2.30. The van der Waals surface area contributed by atoms with Crippen LogP contribution >= 0.6 is 0 Å². The molecule has 0 aliphatic rings. The molecule has 0 spiro atoms. The summed E-state index contributed by atoms with van der Waals surface area (Å²) in [5.41, 5.74) is 10.0. The summed E-state index contributed by atoms with van der Waals surface area (Å²) in [6.45, 7) is 11.1. The second-order valence-corrected chi connectivity index (χ2v) is 9.02. The fraction of sp³-hybridized carbons (Fsp3) is 0.286. The van der Waals surface area contributed by atoms with Gasteiger partial charge in [-0.05, 0) is 79.5 Å². The second-order valence-electron chi connectivity index (χ2n) is 9.02. The average Bonchev–Trinajstić information content (AvgIpc) is 2.70. The molecule has 152 valence electrons. The number of fused-ring (bicyclic) bond motifs is 1. The predicted molar refractivity (Wildman–Crippen MR) is 127 cm³/mol. The number of benzene rings is 2. The number of aromatic nitrogens is 2. The van der Waals surface area contributed by atoms with E-state index in [0.29, 0.717) is 5.92 Å². The molecule has 2 nitrogen and oxygen atoms in total. The smallest absolute Gasteiger partial charge is 0.213 e. The van der Waals surface area contributed by atoms with Crippen LogP contribution in [0.4, 0.5) is 0 Å². The third kappa shape index (κ3) is 4.00. The molecular weight excluding hydrogens is 364 g/mol. The number of pyridine rings is 2. The van der Waals surface area contributed by atoms with Crippen LogP contribution < -0.4 is 4.57 Å². The number of nitrogens with zero attached hydrogens (tertiary/aromatic N) is 2. The summed E-state index contributed by atoms with van der Waals surface area (Å²) in [5.74, 6) is 0.645. The molecular formula is C28H31N2+. The minimum Gasteiger partial charge on any atom is -0.256 e. The van der Waals surface area contributed by atoms with Crippen LogP contribution in [-0.2, 0) is 13.5 Å². The summed E-state index contributed by atoms with van der Waals surface area (Å²) >= 11 is 0. The number of rotatable bonds is 4. The third-order valence-electron chi connectivity index (χ3n) is 5.94. The van der Waals surface area contributed by atoms with Crippen molar-refractivity contribution in [2.24, 2.45) is 13.0 Å². The molecule has 0 atom stereocenters. The Hall–Kier alpha value is -3.00. The Bertz CT molecular complexity index is 1220. The molecule has 0 aliphatic carbocycles. The molecule has 2 aromatic carbocycles. The van der Waals surface area contributed by atoms with E-state index in [-0.39, 0.29) is 0 Å². The van der Waals surface area contributed by atoms with E-state index in [4.69, 9.17) is 4.98 Å². The molecule has 4 aromatic rings. The molecule has 0 radical (unpaired) electrons. The van der Waals surface area contributed by atoms with Crippen LogP contribution in [0.25, 0.3) is 33.3 Å². The zero-order chi connectivity index (χ0) is 21.4. The van der Waals surface area contributed by atoms with Gasteiger partial charge < -0.3 is 0 Å². The first-order chi connectivity index (χ1) is 14.3. The maximum atomic E-state index is 4.74. The predicted octanol–water partition coefficient (Wildman–Crippen LogP) is 6.52. The van der Waals surface area contributed by atoms with Crippen LogP contribution in [-0.4, -0.2) is 4.98 Å². The first-order valence-electron chi connectivity index (χ1n) is 10.8. The van der Waals surface area contributed by atoms with Gasteiger partial charge >= 0.3 is 0 Å². The monoisotopic (exact) mass is 395 g/mol. The zero-order valence-electron chi connectivity index (χ0n) is 19.0. The minimum absolute atomic E-state index is 0.645. The van der Waals surface area contributed by atoms with E-state index in [0.717, 1.165) is 17.7 Å². The molecule has 0 saturated heterocycles. The normalized spacial score (nSPS) is 11.4. The molecule has 0 amide bonds. The Kier molecular flexibility index (Phi) is 5.42. The van der Waals surface area contributed by atoms with Gasteiger partial charge in [0.05, 0.1) is 5.69 Å². The largest absolute Gasteiger partial charge is 0.256 e. The van der Waals surface area contributed by atoms with Crippen molar-refractivity contribution in [1.29, 1.82) is 0 Å². The van der Waals surface area contributed by atoms with Gasteiger partial charge in [0.1, 0.15) is 7.05 Å². The van der Waals surface area contributed by atoms with Crippen molar-refractivity contribution >= 4 is 10.8 Å². The van der Waals surface area contributed by atoms with E-state index in [9.17, 15) is 0 Å². The Labute approximate surface area is 180 Å². The first-order valence-corrected chi connectivity index (χ1v) is 10.8. The Balaban J connectivity index is 1.79. The topological polar surface area (TPSA) is 16.8 Å². The van der Waals surface area contributed by atoms with E-state index in [1.807, 2.05) is 6.20 Å². The van der Waals surface area contributed by atoms with Crippen molar-refractivity contribution in [3.63, 3.8) is 0 Å². The lowest BCUT2D eigenvalue weighted by atomic mass is 9.96. The quantitative estimate of drug-likeness (QED) is 0.360.